The fourth-order valence-corrected chi connectivity index (χ4v) is 2.40. The number of carbonyl (C=O) groups is 1. The Bertz CT molecular complexity index is 396. The van der Waals surface area contributed by atoms with Crippen molar-refractivity contribution >= 4 is 5.97 Å². The SMILES string of the molecule is CCOC(=O)C1C(C)C1c1ccc(OC)cc1. The summed E-state index contributed by atoms with van der Waals surface area (Å²) in [5.74, 6) is 1.49. The van der Waals surface area contributed by atoms with Crippen LogP contribution in [0.25, 0.3) is 0 Å². The standard InChI is InChI=1S/C14H18O3/c1-4-17-14(15)13-9(2)12(13)10-5-7-11(16-3)8-6-10/h5-9,12-13H,4H2,1-3H3. The van der Waals surface area contributed by atoms with E-state index < -0.39 is 0 Å². The van der Waals surface area contributed by atoms with Gasteiger partial charge in [-0.05, 0) is 30.5 Å². The Morgan fingerprint density at radius 2 is 1.94 bits per heavy atom. The molecule has 0 saturated heterocycles. The van der Waals surface area contributed by atoms with Gasteiger partial charge in [0.05, 0.1) is 19.6 Å². The van der Waals surface area contributed by atoms with Gasteiger partial charge in [-0.15, -0.1) is 0 Å². The molecule has 1 aromatic carbocycles. The minimum atomic E-state index is -0.0687. The molecular formula is C14H18O3. The number of methoxy groups -OCH3 is 1. The van der Waals surface area contributed by atoms with Gasteiger partial charge in [-0.1, -0.05) is 19.1 Å². The second-order valence-electron chi connectivity index (χ2n) is 4.44. The monoisotopic (exact) mass is 234 g/mol. The van der Waals surface area contributed by atoms with E-state index in [1.54, 1.807) is 7.11 Å². The van der Waals surface area contributed by atoms with E-state index in [0.29, 0.717) is 18.4 Å². The van der Waals surface area contributed by atoms with Crippen molar-refractivity contribution in [3.63, 3.8) is 0 Å². The van der Waals surface area contributed by atoms with Crippen LogP contribution in [0, 0.1) is 11.8 Å². The fourth-order valence-electron chi connectivity index (χ4n) is 2.40. The molecule has 1 fully saturated rings. The van der Waals surface area contributed by atoms with E-state index in [4.69, 9.17) is 9.47 Å². The predicted molar refractivity (Wildman–Crippen MR) is 65.0 cm³/mol. The molecule has 0 aliphatic heterocycles. The van der Waals surface area contributed by atoms with Gasteiger partial charge in [-0.25, -0.2) is 0 Å². The van der Waals surface area contributed by atoms with E-state index in [9.17, 15) is 4.79 Å². The lowest BCUT2D eigenvalue weighted by molar-refractivity contribution is -0.145. The van der Waals surface area contributed by atoms with Gasteiger partial charge >= 0.3 is 5.97 Å². The van der Waals surface area contributed by atoms with Crippen molar-refractivity contribution < 1.29 is 14.3 Å². The average Bonchev–Trinajstić information content (AvgIpc) is 3.01. The van der Waals surface area contributed by atoms with Crippen molar-refractivity contribution in [3.8, 4) is 5.75 Å². The molecule has 1 aromatic rings. The molecule has 0 heterocycles. The zero-order valence-electron chi connectivity index (χ0n) is 10.5. The highest BCUT2D eigenvalue weighted by atomic mass is 16.5. The molecule has 0 bridgehead atoms. The molecule has 92 valence electrons. The van der Waals surface area contributed by atoms with Crippen molar-refractivity contribution in [2.75, 3.05) is 13.7 Å². The van der Waals surface area contributed by atoms with Crippen molar-refractivity contribution in [1.82, 2.24) is 0 Å². The van der Waals surface area contributed by atoms with E-state index in [1.165, 1.54) is 5.56 Å². The maximum atomic E-state index is 11.7. The third-order valence-electron chi connectivity index (χ3n) is 3.44. The average molecular weight is 234 g/mol. The van der Waals surface area contributed by atoms with Gasteiger partial charge in [-0.3, -0.25) is 4.79 Å². The highest BCUT2D eigenvalue weighted by molar-refractivity contribution is 5.78. The first-order chi connectivity index (χ1) is 8.19. The summed E-state index contributed by atoms with van der Waals surface area (Å²) in [7, 11) is 1.65. The first-order valence-corrected chi connectivity index (χ1v) is 5.99. The van der Waals surface area contributed by atoms with E-state index in [-0.39, 0.29) is 11.9 Å². The Labute approximate surface area is 102 Å². The van der Waals surface area contributed by atoms with Gasteiger partial charge in [0.15, 0.2) is 0 Å². The molecule has 0 aromatic heterocycles. The van der Waals surface area contributed by atoms with Gasteiger partial charge < -0.3 is 9.47 Å². The Morgan fingerprint density at radius 3 is 2.47 bits per heavy atom. The van der Waals surface area contributed by atoms with Gasteiger partial charge in [0.1, 0.15) is 5.75 Å². The van der Waals surface area contributed by atoms with Gasteiger partial charge in [0, 0.05) is 5.92 Å². The molecule has 1 saturated carbocycles. The number of rotatable bonds is 4. The van der Waals surface area contributed by atoms with Crippen LogP contribution in [0.4, 0.5) is 0 Å². The van der Waals surface area contributed by atoms with Crippen LogP contribution < -0.4 is 4.74 Å². The summed E-state index contributed by atoms with van der Waals surface area (Å²) in [4.78, 5) is 11.7. The number of ether oxygens (including phenoxy) is 2. The van der Waals surface area contributed by atoms with Crippen LogP contribution in [-0.4, -0.2) is 19.7 Å². The Kier molecular flexibility index (Phi) is 3.36. The summed E-state index contributed by atoms with van der Waals surface area (Å²) < 4.78 is 10.2. The topological polar surface area (TPSA) is 35.5 Å². The highest BCUT2D eigenvalue weighted by Crippen LogP contribution is 2.54. The molecule has 17 heavy (non-hydrogen) atoms. The first-order valence-electron chi connectivity index (χ1n) is 5.99. The number of carbonyl (C=O) groups excluding carboxylic acids is 1. The molecule has 1 aliphatic rings. The van der Waals surface area contributed by atoms with Crippen LogP contribution in [-0.2, 0) is 9.53 Å². The van der Waals surface area contributed by atoms with E-state index >= 15 is 0 Å². The minimum Gasteiger partial charge on any atom is -0.497 e. The third kappa shape index (κ3) is 2.28. The Balaban J connectivity index is 2.06. The predicted octanol–water partition coefficient (Wildman–Crippen LogP) is 2.61. The fraction of sp³-hybridized carbons (Fsp3) is 0.500. The number of benzene rings is 1. The summed E-state index contributed by atoms with van der Waals surface area (Å²) in [6.07, 6.45) is 0. The number of esters is 1. The molecule has 1 aliphatic carbocycles. The molecular weight excluding hydrogens is 216 g/mol. The van der Waals surface area contributed by atoms with Gasteiger partial charge in [0.2, 0.25) is 0 Å². The van der Waals surface area contributed by atoms with Crippen LogP contribution >= 0.6 is 0 Å². The van der Waals surface area contributed by atoms with Crippen LogP contribution in [0.15, 0.2) is 24.3 Å². The number of hydrogen-bond acceptors (Lipinski definition) is 3. The van der Waals surface area contributed by atoms with Crippen LogP contribution in [0.2, 0.25) is 0 Å². The van der Waals surface area contributed by atoms with Gasteiger partial charge in [0.25, 0.3) is 0 Å². The molecule has 0 amide bonds. The van der Waals surface area contributed by atoms with Crippen molar-refractivity contribution in [3.05, 3.63) is 29.8 Å². The molecule has 3 nitrogen and oxygen atoms in total. The summed E-state index contributed by atoms with van der Waals surface area (Å²) in [5.41, 5.74) is 1.19. The third-order valence-corrected chi connectivity index (χ3v) is 3.44. The minimum absolute atomic E-state index is 0.0309. The lowest BCUT2D eigenvalue weighted by Gasteiger charge is -2.03. The summed E-state index contributed by atoms with van der Waals surface area (Å²) in [5, 5.41) is 0. The molecule has 0 spiro atoms. The van der Waals surface area contributed by atoms with E-state index in [0.717, 1.165) is 5.75 Å². The van der Waals surface area contributed by atoms with Crippen molar-refractivity contribution in [1.29, 1.82) is 0 Å². The lowest BCUT2D eigenvalue weighted by atomic mass is 10.1. The summed E-state index contributed by atoms with van der Waals surface area (Å²) >= 11 is 0. The zero-order valence-corrected chi connectivity index (χ0v) is 10.5. The van der Waals surface area contributed by atoms with Crippen LogP contribution in [0.1, 0.15) is 25.3 Å². The largest absolute Gasteiger partial charge is 0.497 e. The molecule has 3 unspecified atom stereocenters. The maximum absolute atomic E-state index is 11.7. The molecule has 3 atom stereocenters. The van der Waals surface area contributed by atoms with E-state index in [2.05, 4.69) is 6.92 Å². The second kappa shape index (κ2) is 4.78. The normalized spacial score (nSPS) is 26.4. The van der Waals surface area contributed by atoms with Crippen molar-refractivity contribution in [2.24, 2.45) is 11.8 Å². The summed E-state index contributed by atoms with van der Waals surface area (Å²) in [6.45, 7) is 4.39. The lowest BCUT2D eigenvalue weighted by Crippen LogP contribution is -2.08. The first kappa shape index (κ1) is 12.0. The number of hydrogen-bond donors (Lipinski definition) is 0. The Hall–Kier alpha value is -1.51. The molecule has 2 rings (SSSR count). The quantitative estimate of drug-likeness (QED) is 0.751. The summed E-state index contributed by atoms with van der Waals surface area (Å²) in [6, 6.07) is 7.92. The smallest absolute Gasteiger partial charge is 0.309 e. The van der Waals surface area contributed by atoms with Crippen molar-refractivity contribution in [2.45, 2.75) is 19.8 Å². The highest BCUT2D eigenvalue weighted by Gasteiger charge is 2.53. The molecule has 0 radical (unpaired) electrons. The van der Waals surface area contributed by atoms with Crippen LogP contribution in [0.3, 0.4) is 0 Å². The van der Waals surface area contributed by atoms with Gasteiger partial charge in [-0.2, -0.15) is 0 Å². The molecule has 0 N–H and O–H groups in total. The maximum Gasteiger partial charge on any atom is 0.309 e. The zero-order chi connectivity index (χ0) is 12.4. The second-order valence-corrected chi connectivity index (χ2v) is 4.44. The van der Waals surface area contributed by atoms with E-state index in [1.807, 2.05) is 31.2 Å². The van der Waals surface area contributed by atoms with Crippen LogP contribution in [0.5, 0.6) is 5.75 Å². The Morgan fingerprint density at radius 1 is 1.29 bits per heavy atom. The molecule has 3 heteroatoms.